The lowest BCUT2D eigenvalue weighted by Gasteiger charge is -2.27. The van der Waals surface area contributed by atoms with Crippen molar-refractivity contribution in [3.05, 3.63) is 29.8 Å². The first-order chi connectivity index (χ1) is 8.91. The van der Waals surface area contributed by atoms with Crippen LogP contribution in [0.1, 0.15) is 12.5 Å². The summed E-state index contributed by atoms with van der Waals surface area (Å²) in [7, 11) is 0. The molecule has 0 saturated carbocycles. The molecule has 0 heterocycles. The molecule has 1 unspecified atom stereocenters. The molecule has 0 aliphatic rings. The number of carbonyl (C=O) groups is 1. The number of carboxylic acids is 1. The Balaban J connectivity index is 3.23. The second kappa shape index (κ2) is 6.16. The molecule has 0 spiro atoms. The van der Waals surface area contributed by atoms with Crippen molar-refractivity contribution in [3.63, 3.8) is 0 Å². The van der Waals surface area contributed by atoms with Crippen molar-refractivity contribution in [2.45, 2.75) is 19.1 Å². The van der Waals surface area contributed by atoms with Gasteiger partial charge in [-0.15, -0.1) is 6.42 Å². The number of ether oxygens (including phenoxy) is 1. The van der Waals surface area contributed by atoms with Gasteiger partial charge in [0.25, 0.3) is 0 Å². The van der Waals surface area contributed by atoms with Crippen LogP contribution in [-0.4, -0.2) is 24.2 Å². The van der Waals surface area contributed by atoms with Crippen LogP contribution in [0.25, 0.3) is 0 Å². The first kappa shape index (κ1) is 14.9. The van der Waals surface area contributed by atoms with Gasteiger partial charge in [0.05, 0.1) is 6.54 Å². The number of carboxylic acid groups (broad SMARTS) is 1. The fourth-order valence-electron chi connectivity index (χ4n) is 1.59. The van der Waals surface area contributed by atoms with Gasteiger partial charge in [-0.05, 0) is 13.0 Å². The normalized spacial score (nSPS) is 13.6. The second-order valence-corrected chi connectivity index (χ2v) is 3.86. The lowest BCUT2D eigenvalue weighted by Crippen LogP contribution is -2.47. The van der Waals surface area contributed by atoms with Crippen LogP contribution >= 0.6 is 0 Å². The average molecular weight is 269 g/mol. The molecule has 0 fully saturated rings. The lowest BCUT2D eigenvalue weighted by atomic mass is 9.91. The summed E-state index contributed by atoms with van der Waals surface area (Å²) in [6, 6.07) is 5.69. The summed E-state index contributed by atoms with van der Waals surface area (Å²) in [6.07, 6.45) is 5.08. The van der Waals surface area contributed by atoms with Gasteiger partial charge in [0.1, 0.15) is 11.3 Å². The minimum absolute atomic E-state index is 0.0220. The molecule has 1 atom stereocenters. The smallest absolute Gasteiger partial charge is 0.387 e. The zero-order valence-corrected chi connectivity index (χ0v) is 10.2. The largest absolute Gasteiger partial charge is 0.480 e. The molecule has 1 aromatic carbocycles. The number of aliphatic carboxylic acids is 1. The fourth-order valence-corrected chi connectivity index (χ4v) is 1.59. The first-order valence-corrected chi connectivity index (χ1v) is 5.38. The van der Waals surface area contributed by atoms with E-state index in [2.05, 4.69) is 16.0 Å². The molecular weight excluding hydrogens is 256 g/mol. The Labute approximate surface area is 109 Å². The van der Waals surface area contributed by atoms with Crippen LogP contribution in [0, 0.1) is 12.3 Å². The van der Waals surface area contributed by atoms with E-state index >= 15 is 0 Å². The van der Waals surface area contributed by atoms with Gasteiger partial charge in [0.15, 0.2) is 0 Å². The third-order valence-electron chi connectivity index (χ3n) is 2.61. The van der Waals surface area contributed by atoms with Crippen LogP contribution in [0.2, 0.25) is 0 Å². The van der Waals surface area contributed by atoms with E-state index in [1.165, 1.54) is 31.2 Å². The highest BCUT2D eigenvalue weighted by Gasteiger charge is 2.37. The Morgan fingerprint density at radius 3 is 2.74 bits per heavy atom. The number of nitrogens with one attached hydrogen (secondary N) is 1. The average Bonchev–Trinajstić information content (AvgIpc) is 2.35. The van der Waals surface area contributed by atoms with Gasteiger partial charge in [-0.2, -0.15) is 8.78 Å². The summed E-state index contributed by atoms with van der Waals surface area (Å²) in [6.45, 7) is -1.72. The molecule has 0 saturated heterocycles. The number of halogens is 2. The summed E-state index contributed by atoms with van der Waals surface area (Å²) >= 11 is 0. The predicted octanol–water partition coefficient (Wildman–Crippen LogP) is 1.81. The quantitative estimate of drug-likeness (QED) is 0.773. The summed E-state index contributed by atoms with van der Waals surface area (Å²) in [4.78, 5) is 11.4. The van der Waals surface area contributed by atoms with Crippen LogP contribution in [0.5, 0.6) is 5.75 Å². The molecule has 19 heavy (non-hydrogen) atoms. The lowest BCUT2D eigenvalue weighted by molar-refractivity contribution is -0.144. The van der Waals surface area contributed by atoms with E-state index in [0.717, 1.165) is 0 Å². The highest BCUT2D eigenvalue weighted by atomic mass is 19.3. The van der Waals surface area contributed by atoms with Crippen LogP contribution in [0.15, 0.2) is 24.3 Å². The van der Waals surface area contributed by atoms with Crippen molar-refractivity contribution < 1.29 is 23.4 Å². The van der Waals surface area contributed by atoms with Gasteiger partial charge in [-0.3, -0.25) is 5.32 Å². The number of rotatable bonds is 6. The summed E-state index contributed by atoms with van der Waals surface area (Å²) in [5, 5.41) is 11.9. The molecule has 0 bridgehead atoms. The number of alkyl halides is 2. The van der Waals surface area contributed by atoms with E-state index in [1.807, 2.05) is 0 Å². The monoisotopic (exact) mass is 269 g/mol. The Morgan fingerprint density at radius 2 is 2.21 bits per heavy atom. The van der Waals surface area contributed by atoms with Crippen molar-refractivity contribution in [1.82, 2.24) is 5.32 Å². The van der Waals surface area contributed by atoms with Crippen LogP contribution in [0.4, 0.5) is 8.78 Å². The standard InChI is InChI=1S/C13H13F2NO3/c1-3-8-16-13(2,11(17)18)9-6-4-5-7-10(9)19-12(14)15/h1,4-7,12,16H,8H2,2H3,(H,17,18). The van der Waals surface area contributed by atoms with Crippen LogP contribution < -0.4 is 10.1 Å². The number of para-hydroxylation sites is 1. The van der Waals surface area contributed by atoms with E-state index in [1.54, 1.807) is 0 Å². The summed E-state index contributed by atoms with van der Waals surface area (Å²) in [5.41, 5.74) is -1.53. The van der Waals surface area contributed by atoms with Crippen molar-refractivity contribution in [3.8, 4) is 18.1 Å². The fraction of sp³-hybridized carbons (Fsp3) is 0.308. The molecule has 1 aromatic rings. The highest BCUT2D eigenvalue weighted by Crippen LogP contribution is 2.31. The molecule has 102 valence electrons. The van der Waals surface area contributed by atoms with Gasteiger partial charge < -0.3 is 9.84 Å². The number of hydrogen-bond acceptors (Lipinski definition) is 3. The van der Waals surface area contributed by atoms with Gasteiger partial charge in [0.2, 0.25) is 0 Å². The van der Waals surface area contributed by atoms with Crippen molar-refractivity contribution >= 4 is 5.97 Å². The Bertz CT molecular complexity index is 499. The molecular formula is C13H13F2NO3. The molecule has 4 nitrogen and oxygen atoms in total. The van der Waals surface area contributed by atoms with E-state index in [9.17, 15) is 18.7 Å². The maximum absolute atomic E-state index is 12.3. The van der Waals surface area contributed by atoms with E-state index in [-0.39, 0.29) is 17.9 Å². The Hall–Kier alpha value is -2.13. The molecule has 0 amide bonds. The van der Waals surface area contributed by atoms with E-state index < -0.39 is 18.1 Å². The van der Waals surface area contributed by atoms with Gasteiger partial charge in [-0.25, -0.2) is 4.79 Å². The van der Waals surface area contributed by atoms with E-state index in [0.29, 0.717) is 0 Å². The molecule has 0 aliphatic carbocycles. The number of hydrogen-bond donors (Lipinski definition) is 2. The third kappa shape index (κ3) is 3.42. The summed E-state index contributed by atoms with van der Waals surface area (Å²) < 4.78 is 29.0. The van der Waals surface area contributed by atoms with Crippen molar-refractivity contribution in [1.29, 1.82) is 0 Å². The zero-order chi connectivity index (χ0) is 14.5. The SMILES string of the molecule is C#CCNC(C)(C(=O)O)c1ccccc1OC(F)F. The summed E-state index contributed by atoms with van der Waals surface area (Å²) in [5.74, 6) is 0.800. The zero-order valence-electron chi connectivity index (χ0n) is 10.2. The van der Waals surface area contributed by atoms with Crippen LogP contribution in [-0.2, 0) is 10.3 Å². The Kier molecular flexibility index (Phi) is 4.84. The number of terminal acetylenes is 1. The molecule has 1 rings (SSSR count). The molecule has 0 aliphatic heterocycles. The minimum Gasteiger partial charge on any atom is -0.480 e. The van der Waals surface area contributed by atoms with Crippen LogP contribution in [0.3, 0.4) is 0 Å². The van der Waals surface area contributed by atoms with Gasteiger partial charge in [-0.1, -0.05) is 24.1 Å². The Morgan fingerprint density at radius 1 is 1.58 bits per heavy atom. The second-order valence-electron chi connectivity index (χ2n) is 3.86. The minimum atomic E-state index is -3.04. The number of benzene rings is 1. The van der Waals surface area contributed by atoms with Crippen molar-refractivity contribution in [2.24, 2.45) is 0 Å². The molecule has 2 N–H and O–H groups in total. The topological polar surface area (TPSA) is 58.6 Å². The molecule has 0 aromatic heterocycles. The first-order valence-electron chi connectivity index (χ1n) is 5.38. The predicted molar refractivity (Wildman–Crippen MR) is 64.9 cm³/mol. The maximum atomic E-state index is 12.3. The molecule has 6 heteroatoms. The third-order valence-corrected chi connectivity index (χ3v) is 2.61. The van der Waals surface area contributed by atoms with Crippen molar-refractivity contribution in [2.75, 3.05) is 6.54 Å². The molecule has 0 radical (unpaired) electrons. The highest BCUT2D eigenvalue weighted by molar-refractivity contribution is 5.81. The van der Waals surface area contributed by atoms with Gasteiger partial charge in [0, 0.05) is 5.56 Å². The van der Waals surface area contributed by atoms with Gasteiger partial charge >= 0.3 is 12.6 Å². The maximum Gasteiger partial charge on any atom is 0.387 e. The van der Waals surface area contributed by atoms with E-state index in [4.69, 9.17) is 6.42 Å².